The van der Waals surface area contributed by atoms with Crippen LogP contribution in [0.4, 0.5) is 0 Å². The van der Waals surface area contributed by atoms with Gasteiger partial charge in [0, 0.05) is 18.5 Å². The van der Waals surface area contributed by atoms with Crippen molar-refractivity contribution >= 4 is 22.7 Å². The van der Waals surface area contributed by atoms with E-state index in [1.807, 2.05) is 12.1 Å². The number of ether oxygens (including phenoxy) is 1. The third kappa shape index (κ3) is 3.77. The highest BCUT2D eigenvalue weighted by atomic mass is 16.5. The molecule has 6 nitrogen and oxygen atoms in total. The number of fused-ring (bicyclic) bond motifs is 2. The van der Waals surface area contributed by atoms with E-state index in [9.17, 15) is 14.4 Å². The van der Waals surface area contributed by atoms with E-state index in [0.717, 1.165) is 25.1 Å². The molecule has 2 aromatic carbocycles. The average Bonchev–Trinajstić information content (AvgIpc) is 3.25. The van der Waals surface area contributed by atoms with Crippen LogP contribution in [0.5, 0.6) is 0 Å². The maximum Gasteiger partial charge on any atom is 0.338 e. The van der Waals surface area contributed by atoms with E-state index in [1.54, 1.807) is 34.9 Å². The molecule has 0 aliphatic carbocycles. The lowest BCUT2D eigenvalue weighted by molar-refractivity contribution is 0.0475. The van der Waals surface area contributed by atoms with Gasteiger partial charge in [0.05, 0.1) is 16.5 Å². The number of aromatic nitrogens is 2. The van der Waals surface area contributed by atoms with Crippen LogP contribution in [0.25, 0.3) is 10.9 Å². The van der Waals surface area contributed by atoms with Crippen LogP contribution < -0.4 is 5.56 Å². The molecule has 0 saturated heterocycles. The van der Waals surface area contributed by atoms with Gasteiger partial charge in [-0.25, -0.2) is 9.78 Å². The fraction of sp³-hybridized carbons (Fsp3) is 0.333. The van der Waals surface area contributed by atoms with Gasteiger partial charge in [0.2, 0.25) is 0 Å². The van der Waals surface area contributed by atoms with Gasteiger partial charge in [0.25, 0.3) is 5.56 Å². The quantitative estimate of drug-likeness (QED) is 0.460. The predicted molar refractivity (Wildman–Crippen MR) is 114 cm³/mol. The zero-order valence-electron chi connectivity index (χ0n) is 17.2. The Morgan fingerprint density at radius 1 is 1.13 bits per heavy atom. The predicted octanol–water partition coefficient (Wildman–Crippen LogP) is 3.90. The van der Waals surface area contributed by atoms with Gasteiger partial charge in [-0.3, -0.25) is 14.2 Å². The highest BCUT2D eigenvalue weighted by Crippen LogP contribution is 2.19. The van der Waals surface area contributed by atoms with Crippen LogP contribution in [0, 0.1) is 0 Å². The van der Waals surface area contributed by atoms with Gasteiger partial charge in [-0.05, 0) is 42.5 Å². The topological polar surface area (TPSA) is 78.3 Å². The SMILES string of the molecule is CC[C@H](C)c1ccc(C(=O)COC(=O)c2ccc3c(=O)n4c(nc3c2)CCC4)cc1. The van der Waals surface area contributed by atoms with Gasteiger partial charge in [0.1, 0.15) is 5.82 Å². The van der Waals surface area contributed by atoms with Crippen molar-refractivity contribution in [2.24, 2.45) is 0 Å². The van der Waals surface area contributed by atoms with Gasteiger partial charge in [-0.15, -0.1) is 0 Å². The summed E-state index contributed by atoms with van der Waals surface area (Å²) >= 11 is 0. The van der Waals surface area contributed by atoms with Crippen molar-refractivity contribution in [2.75, 3.05) is 6.61 Å². The number of hydrogen-bond acceptors (Lipinski definition) is 5. The van der Waals surface area contributed by atoms with Crippen molar-refractivity contribution < 1.29 is 14.3 Å². The summed E-state index contributed by atoms with van der Waals surface area (Å²) in [5.41, 5.74) is 2.37. The normalized spacial score (nSPS) is 13.8. The fourth-order valence-corrected chi connectivity index (χ4v) is 3.74. The molecule has 30 heavy (non-hydrogen) atoms. The van der Waals surface area contributed by atoms with Gasteiger partial charge >= 0.3 is 5.97 Å². The van der Waals surface area contributed by atoms with Crippen LogP contribution >= 0.6 is 0 Å². The number of benzene rings is 2. The average molecular weight is 404 g/mol. The third-order valence-electron chi connectivity index (χ3n) is 5.80. The molecule has 0 fully saturated rings. The summed E-state index contributed by atoms with van der Waals surface area (Å²) in [7, 11) is 0. The summed E-state index contributed by atoms with van der Waals surface area (Å²) in [6, 6.07) is 12.1. The molecular formula is C24H24N2O4. The van der Waals surface area contributed by atoms with E-state index in [-0.39, 0.29) is 23.5 Å². The van der Waals surface area contributed by atoms with E-state index in [2.05, 4.69) is 18.8 Å². The molecule has 4 rings (SSSR count). The van der Waals surface area contributed by atoms with E-state index in [4.69, 9.17) is 4.74 Å². The molecule has 0 bridgehead atoms. The first-order valence-corrected chi connectivity index (χ1v) is 10.3. The molecule has 1 aromatic heterocycles. The lowest BCUT2D eigenvalue weighted by Crippen LogP contribution is -2.21. The maximum absolute atomic E-state index is 12.5. The Bertz CT molecular complexity index is 1180. The molecule has 6 heteroatoms. The summed E-state index contributed by atoms with van der Waals surface area (Å²) in [5, 5.41) is 0.481. The first kappa shape index (κ1) is 20.0. The Labute approximate surface area is 174 Å². The van der Waals surface area contributed by atoms with Crippen molar-refractivity contribution in [3.05, 3.63) is 75.3 Å². The number of ketones is 1. The second-order valence-electron chi connectivity index (χ2n) is 7.75. The van der Waals surface area contributed by atoms with Crippen molar-refractivity contribution in [3.63, 3.8) is 0 Å². The first-order chi connectivity index (χ1) is 14.5. The molecule has 3 aromatic rings. The molecule has 1 aliphatic heterocycles. The molecule has 0 spiro atoms. The van der Waals surface area contributed by atoms with Gasteiger partial charge in [0.15, 0.2) is 12.4 Å². The molecule has 0 radical (unpaired) electrons. The molecule has 1 atom stereocenters. The lowest BCUT2D eigenvalue weighted by Gasteiger charge is -2.10. The highest BCUT2D eigenvalue weighted by molar-refractivity contribution is 6.00. The standard InChI is InChI=1S/C24H24N2O4/c1-3-15(2)16-6-8-17(9-7-16)21(27)14-30-24(29)18-10-11-19-20(13-18)25-22-5-4-12-26(22)23(19)28/h6-11,13,15H,3-5,12,14H2,1-2H3/t15-/m0/s1. The molecular weight excluding hydrogens is 380 g/mol. The van der Waals surface area contributed by atoms with E-state index in [0.29, 0.717) is 28.9 Å². The Hall–Kier alpha value is -3.28. The highest BCUT2D eigenvalue weighted by Gasteiger charge is 2.18. The minimum Gasteiger partial charge on any atom is -0.454 e. The van der Waals surface area contributed by atoms with Crippen molar-refractivity contribution in [3.8, 4) is 0 Å². The summed E-state index contributed by atoms with van der Waals surface area (Å²) in [6.07, 6.45) is 2.68. The molecule has 0 unspecified atom stereocenters. The molecule has 154 valence electrons. The van der Waals surface area contributed by atoms with Crippen molar-refractivity contribution in [1.29, 1.82) is 0 Å². The summed E-state index contributed by atoms with van der Waals surface area (Å²) in [5.74, 6) is 0.315. The van der Waals surface area contributed by atoms with Gasteiger partial charge in [-0.2, -0.15) is 0 Å². The number of carbonyl (C=O) groups excluding carboxylic acids is 2. The number of aryl methyl sites for hydroxylation is 1. The van der Waals surface area contributed by atoms with Crippen LogP contribution in [0.15, 0.2) is 47.3 Å². The largest absolute Gasteiger partial charge is 0.454 e. The number of Topliss-reactive ketones (excluding diaryl/α,β-unsaturated/α-hetero) is 1. The van der Waals surface area contributed by atoms with E-state index in [1.165, 1.54) is 5.56 Å². The number of hydrogen-bond donors (Lipinski definition) is 0. The minimum absolute atomic E-state index is 0.0802. The molecule has 2 heterocycles. The maximum atomic E-state index is 12.5. The molecule has 0 N–H and O–H groups in total. The van der Waals surface area contributed by atoms with Crippen LogP contribution in [0.2, 0.25) is 0 Å². The smallest absolute Gasteiger partial charge is 0.338 e. The number of carbonyl (C=O) groups is 2. The summed E-state index contributed by atoms with van der Waals surface area (Å²) in [4.78, 5) is 41.9. The number of rotatable bonds is 6. The van der Waals surface area contributed by atoms with Crippen LogP contribution in [-0.4, -0.2) is 27.9 Å². The second kappa shape index (κ2) is 8.22. The monoisotopic (exact) mass is 404 g/mol. The lowest BCUT2D eigenvalue weighted by atomic mass is 9.97. The summed E-state index contributed by atoms with van der Waals surface area (Å²) in [6.45, 7) is 4.61. The Kier molecular flexibility index (Phi) is 5.48. The molecule has 0 amide bonds. The van der Waals surface area contributed by atoms with Crippen LogP contribution in [0.3, 0.4) is 0 Å². The zero-order valence-corrected chi connectivity index (χ0v) is 17.2. The Morgan fingerprint density at radius 3 is 2.60 bits per heavy atom. The zero-order chi connectivity index (χ0) is 21.3. The Morgan fingerprint density at radius 2 is 1.87 bits per heavy atom. The molecule has 0 saturated carbocycles. The fourth-order valence-electron chi connectivity index (χ4n) is 3.74. The van der Waals surface area contributed by atoms with Crippen molar-refractivity contribution in [1.82, 2.24) is 9.55 Å². The minimum atomic E-state index is -0.608. The van der Waals surface area contributed by atoms with Crippen LogP contribution in [-0.2, 0) is 17.7 Å². The Balaban J connectivity index is 1.46. The molecule has 1 aliphatic rings. The number of nitrogens with zero attached hydrogens (tertiary/aromatic N) is 2. The van der Waals surface area contributed by atoms with E-state index < -0.39 is 5.97 Å². The first-order valence-electron chi connectivity index (χ1n) is 10.3. The second-order valence-corrected chi connectivity index (χ2v) is 7.75. The van der Waals surface area contributed by atoms with Gasteiger partial charge in [-0.1, -0.05) is 38.1 Å². The third-order valence-corrected chi connectivity index (χ3v) is 5.80. The summed E-state index contributed by atoms with van der Waals surface area (Å²) < 4.78 is 6.90. The van der Waals surface area contributed by atoms with Crippen LogP contribution in [0.1, 0.15) is 64.7 Å². The van der Waals surface area contributed by atoms with Gasteiger partial charge < -0.3 is 4.74 Å². The van der Waals surface area contributed by atoms with E-state index >= 15 is 0 Å². The van der Waals surface area contributed by atoms with Crippen molar-refractivity contribution in [2.45, 2.75) is 45.6 Å². The number of esters is 1.